The number of aromatic nitrogens is 1. The van der Waals surface area contributed by atoms with Gasteiger partial charge in [-0.05, 0) is 32.4 Å². The molecule has 1 aliphatic rings. The molecule has 1 aromatic heterocycles. The van der Waals surface area contributed by atoms with E-state index in [1.165, 1.54) is 5.56 Å². The summed E-state index contributed by atoms with van der Waals surface area (Å²) in [6.45, 7) is 8.80. The Morgan fingerprint density at radius 3 is 2.94 bits per heavy atom. The molecule has 2 rings (SSSR count). The summed E-state index contributed by atoms with van der Waals surface area (Å²) in [6, 6.07) is 4.29. The second-order valence-electron chi connectivity index (χ2n) is 5.66. The van der Waals surface area contributed by atoms with Crippen molar-refractivity contribution in [2.75, 3.05) is 19.6 Å². The summed E-state index contributed by atoms with van der Waals surface area (Å²) in [5, 5.41) is 0. The van der Waals surface area contributed by atoms with Gasteiger partial charge >= 0.3 is 0 Å². The SMILES string of the molecule is CC1CN(C(CN)c2cccnc2)CC(C)(C)O1. The molecular weight excluding hydrogens is 226 g/mol. The van der Waals surface area contributed by atoms with Gasteiger partial charge in [-0.15, -0.1) is 0 Å². The van der Waals surface area contributed by atoms with Crippen LogP contribution in [0.2, 0.25) is 0 Å². The lowest BCUT2D eigenvalue weighted by Gasteiger charge is -2.45. The molecular formula is C14H23N3O. The number of morpholine rings is 1. The monoisotopic (exact) mass is 249 g/mol. The molecule has 4 nitrogen and oxygen atoms in total. The molecule has 0 radical (unpaired) electrons. The summed E-state index contributed by atoms with van der Waals surface area (Å²) in [5.41, 5.74) is 7.03. The number of ether oxygens (including phenoxy) is 1. The van der Waals surface area contributed by atoms with E-state index in [0.29, 0.717) is 6.54 Å². The highest BCUT2D eigenvalue weighted by molar-refractivity contribution is 5.15. The molecule has 0 bridgehead atoms. The predicted octanol–water partition coefficient (Wildman–Crippen LogP) is 1.58. The smallest absolute Gasteiger partial charge is 0.0757 e. The first kappa shape index (κ1) is 13.5. The van der Waals surface area contributed by atoms with Gasteiger partial charge in [-0.1, -0.05) is 6.07 Å². The largest absolute Gasteiger partial charge is 0.370 e. The number of hydrogen-bond acceptors (Lipinski definition) is 4. The highest BCUT2D eigenvalue weighted by atomic mass is 16.5. The Morgan fingerprint density at radius 2 is 2.39 bits per heavy atom. The molecule has 18 heavy (non-hydrogen) atoms. The third-order valence-corrected chi connectivity index (χ3v) is 3.33. The Kier molecular flexibility index (Phi) is 4.00. The van der Waals surface area contributed by atoms with E-state index in [-0.39, 0.29) is 17.7 Å². The maximum atomic E-state index is 5.96. The van der Waals surface area contributed by atoms with Crippen LogP contribution in [0, 0.1) is 0 Å². The maximum Gasteiger partial charge on any atom is 0.0757 e. The van der Waals surface area contributed by atoms with Crippen molar-refractivity contribution in [1.29, 1.82) is 0 Å². The fourth-order valence-electron chi connectivity index (χ4n) is 2.81. The fraction of sp³-hybridized carbons (Fsp3) is 0.643. The molecule has 100 valence electrons. The molecule has 1 aliphatic heterocycles. The molecule has 0 amide bonds. The van der Waals surface area contributed by atoms with Crippen molar-refractivity contribution in [3.63, 3.8) is 0 Å². The third kappa shape index (κ3) is 3.07. The highest BCUT2D eigenvalue weighted by Crippen LogP contribution is 2.28. The quantitative estimate of drug-likeness (QED) is 0.883. The van der Waals surface area contributed by atoms with Gasteiger partial charge in [0.2, 0.25) is 0 Å². The van der Waals surface area contributed by atoms with Crippen LogP contribution in [0.1, 0.15) is 32.4 Å². The van der Waals surface area contributed by atoms with E-state index in [1.807, 2.05) is 12.3 Å². The van der Waals surface area contributed by atoms with Crippen molar-refractivity contribution < 1.29 is 4.74 Å². The van der Waals surface area contributed by atoms with Gasteiger partial charge in [0.1, 0.15) is 0 Å². The van der Waals surface area contributed by atoms with E-state index in [1.54, 1.807) is 6.20 Å². The Hall–Kier alpha value is -0.970. The first-order valence-corrected chi connectivity index (χ1v) is 6.54. The second-order valence-corrected chi connectivity index (χ2v) is 5.66. The zero-order valence-electron chi connectivity index (χ0n) is 11.5. The maximum absolute atomic E-state index is 5.96. The number of nitrogens with two attached hydrogens (primary N) is 1. The number of hydrogen-bond donors (Lipinski definition) is 1. The number of nitrogens with zero attached hydrogens (tertiary/aromatic N) is 2. The zero-order chi connectivity index (χ0) is 13.2. The van der Waals surface area contributed by atoms with Gasteiger partial charge in [-0.25, -0.2) is 0 Å². The van der Waals surface area contributed by atoms with Gasteiger partial charge in [0.05, 0.1) is 11.7 Å². The van der Waals surface area contributed by atoms with Crippen molar-refractivity contribution in [1.82, 2.24) is 9.88 Å². The van der Waals surface area contributed by atoms with Gasteiger partial charge in [0, 0.05) is 38.1 Å². The summed E-state index contributed by atoms with van der Waals surface area (Å²) < 4.78 is 5.94. The van der Waals surface area contributed by atoms with Crippen LogP contribution in [0.5, 0.6) is 0 Å². The topological polar surface area (TPSA) is 51.4 Å². The van der Waals surface area contributed by atoms with Gasteiger partial charge in [-0.2, -0.15) is 0 Å². The van der Waals surface area contributed by atoms with Crippen molar-refractivity contribution in [2.24, 2.45) is 5.73 Å². The average Bonchev–Trinajstić information content (AvgIpc) is 2.28. The minimum Gasteiger partial charge on any atom is -0.370 e. The van der Waals surface area contributed by atoms with Crippen LogP contribution in [0.4, 0.5) is 0 Å². The molecule has 0 aromatic carbocycles. The molecule has 2 N–H and O–H groups in total. The minimum atomic E-state index is -0.118. The van der Waals surface area contributed by atoms with Crippen LogP contribution >= 0.6 is 0 Å². The molecule has 0 spiro atoms. The molecule has 1 aromatic rings. The van der Waals surface area contributed by atoms with E-state index in [4.69, 9.17) is 10.5 Å². The summed E-state index contributed by atoms with van der Waals surface area (Å²) in [7, 11) is 0. The van der Waals surface area contributed by atoms with E-state index < -0.39 is 0 Å². The molecule has 2 atom stereocenters. The van der Waals surface area contributed by atoms with Crippen LogP contribution in [-0.4, -0.2) is 41.2 Å². The summed E-state index contributed by atoms with van der Waals surface area (Å²) >= 11 is 0. The molecule has 4 heteroatoms. The van der Waals surface area contributed by atoms with Gasteiger partial charge in [0.25, 0.3) is 0 Å². The third-order valence-electron chi connectivity index (χ3n) is 3.33. The summed E-state index contributed by atoms with van der Waals surface area (Å²) in [6.07, 6.45) is 3.94. The fourth-order valence-corrected chi connectivity index (χ4v) is 2.81. The predicted molar refractivity (Wildman–Crippen MR) is 72.2 cm³/mol. The standard InChI is InChI=1S/C14H23N3O/c1-11-9-17(10-14(2,3)18-11)13(7-15)12-5-4-6-16-8-12/h4-6,8,11,13H,7,9-10,15H2,1-3H3. The number of rotatable bonds is 3. The van der Waals surface area contributed by atoms with Crippen molar-refractivity contribution >= 4 is 0 Å². The van der Waals surface area contributed by atoms with Crippen molar-refractivity contribution in [3.8, 4) is 0 Å². The molecule has 1 fully saturated rings. The number of pyridine rings is 1. The lowest BCUT2D eigenvalue weighted by Crippen LogP contribution is -2.53. The lowest BCUT2D eigenvalue weighted by atomic mass is 10.0. The van der Waals surface area contributed by atoms with Crippen LogP contribution in [0.25, 0.3) is 0 Å². The van der Waals surface area contributed by atoms with Crippen LogP contribution in [-0.2, 0) is 4.74 Å². The Balaban J connectivity index is 2.18. The van der Waals surface area contributed by atoms with E-state index in [9.17, 15) is 0 Å². The zero-order valence-corrected chi connectivity index (χ0v) is 11.5. The normalized spacial score (nSPS) is 25.9. The molecule has 1 saturated heterocycles. The molecule has 0 aliphatic carbocycles. The van der Waals surface area contributed by atoms with Gasteiger partial charge < -0.3 is 10.5 Å². The Morgan fingerprint density at radius 1 is 1.61 bits per heavy atom. The van der Waals surface area contributed by atoms with Crippen molar-refractivity contribution in [3.05, 3.63) is 30.1 Å². The summed E-state index contributed by atoms with van der Waals surface area (Å²) in [5.74, 6) is 0. The first-order chi connectivity index (χ1) is 8.52. The average molecular weight is 249 g/mol. The van der Waals surface area contributed by atoms with Crippen molar-refractivity contribution in [2.45, 2.75) is 38.5 Å². The minimum absolute atomic E-state index is 0.118. The van der Waals surface area contributed by atoms with E-state index in [2.05, 4.69) is 36.7 Å². The van der Waals surface area contributed by atoms with Gasteiger partial charge in [-0.3, -0.25) is 9.88 Å². The first-order valence-electron chi connectivity index (χ1n) is 6.54. The van der Waals surface area contributed by atoms with Gasteiger partial charge in [0.15, 0.2) is 0 Å². The highest BCUT2D eigenvalue weighted by Gasteiger charge is 2.34. The van der Waals surface area contributed by atoms with E-state index in [0.717, 1.165) is 13.1 Å². The molecule has 2 unspecified atom stereocenters. The summed E-state index contributed by atoms with van der Waals surface area (Å²) in [4.78, 5) is 6.60. The molecule has 2 heterocycles. The Bertz CT molecular complexity index is 380. The lowest BCUT2D eigenvalue weighted by molar-refractivity contribution is -0.137. The van der Waals surface area contributed by atoms with Crippen LogP contribution in [0.3, 0.4) is 0 Å². The Labute approximate surface area is 109 Å². The van der Waals surface area contributed by atoms with Crippen LogP contribution in [0.15, 0.2) is 24.5 Å². The molecule has 0 saturated carbocycles. The van der Waals surface area contributed by atoms with Crippen LogP contribution < -0.4 is 5.73 Å². The van der Waals surface area contributed by atoms with E-state index >= 15 is 0 Å². The second kappa shape index (κ2) is 5.34.